The minimum absolute atomic E-state index is 0.789. The molecule has 0 heterocycles. The summed E-state index contributed by atoms with van der Waals surface area (Å²) in [5.41, 5.74) is 1.00. The lowest BCUT2D eigenvalue weighted by Gasteiger charge is -2.07. The molecule has 0 aliphatic heterocycles. The molecule has 0 amide bonds. The van der Waals surface area contributed by atoms with E-state index in [2.05, 4.69) is 37.0 Å². The Balaban J connectivity index is 3.03. The van der Waals surface area contributed by atoms with E-state index < -0.39 is 0 Å². The van der Waals surface area contributed by atoms with Crippen molar-refractivity contribution in [3.63, 3.8) is 0 Å². The van der Waals surface area contributed by atoms with Crippen LogP contribution < -0.4 is 4.74 Å². The third-order valence-corrected chi connectivity index (χ3v) is 2.84. The Hall–Kier alpha value is -0.550. The Morgan fingerprint density at radius 3 is 2.20 bits per heavy atom. The molecule has 0 atom stereocenters. The van der Waals surface area contributed by atoms with Crippen molar-refractivity contribution in [1.29, 1.82) is 0 Å². The van der Waals surface area contributed by atoms with Gasteiger partial charge >= 0.3 is 0 Å². The number of benzene rings is 1. The van der Waals surface area contributed by atoms with E-state index in [9.17, 15) is 0 Å². The molecule has 0 aliphatic rings. The fraction of sp³-hybridized carbons (Fsp3) is 0.300. The van der Waals surface area contributed by atoms with Gasteiger partial charge in [-0.15, -0.1) is 0 Å². The Morgan fingerprint density at radius 2 is 1.80 bits per heavy atom. The van der Waals surface area contributed by atoms with Crippen LogP contribution in [0.2, 0.25) is 0 Å². The molecule has 0 saturated heterocycles. The van der Waals surface area contributed by atoms with Crippen LogP contribution in [-0.4, -0.2) is 32.4 Å². The maximum Gasteiger partial charge on any atom is 0.147 e. The van der Waals surface area contributed by atoms with Crippen molar-refractivity contribution in [2.75, 3.05) is 21.2 Å². The van der Waals surface area contributed by atoms with Crippen LogP contribution in [-0.2, 0) is 0 Å². The zero-order chi connectivity index (χ0) is 11.4. The average Bonchev–Trinajstić information content (AvgIpc) is 2.14. The van der Waals surface area contributed by atoms with E-state index in [0.29, 0.717) is 0 Å². The zero-order valence-electron chi connectivity index (χ0n) is 8.79. The van der Waals surface area contributed by atoms with Gasteiger partial charge in [0.05, 0.1) is 22.3 Å². The van der Waals surface area contributed by atoms with Crippen molar-refractivity contribution in [3.8, 4) is 5.75 Å². The molecule has 0 aliphatic carbocycles. The Kier molecular flexibility index (Phi) is 4.60. The van der Waals surface area contributed by atoms with Gasteiger partial charge in [0.2, 0.25) is 0 Å². The number of halogens is 2. The molecule has 0 unspecified atom stereocenters. The lowest BCUT2D eigenvalue weighted by atomic mass is 10.2. The monoisotopic (exact) mass is 334 g/mol. The number of rotatable bonds is 3. The summed E-state index contributed by atoms with van der Waals surface area (Å²) in [5.74, 6) is 0.789. The van der Waals surface area contributed by atoms with Crippen molar-refractivity contribution in [2.45, 2.75) is 0 Å². The summed E-state index contributed by atoms with van der Waals surface area (Å²) in [5, 5.41) is 5.90. The summed E-state index contributed by atoms with van der Waals surface area (Å²) in [6.07, 6.45) is 1.79. The van der Waals surface area contributed by atoms with Crippen molar-refractivity contribution >= 4 is 38.1 Å². The zero-order valence-corrected chi connectivity index (χ0v) is 12.0. The van der Waals surface area contributed by atoms with Gasteiger partial charge < -0.3 is 9.75 Å². The molecule has 3 nitrogen and oxygen atoms in total. The minimum atomic E-state index is 0.789. The van der Waals surface area contributed by atoms with E-state index in [1.807, 2.05) is 26.2 Å². The highest BCUT2D eigenvalue weighted by Gasteiger charge is 2.06. The molecule has 0 bridgehead atoms. The molecular weight excluding hydrogens is 324 g/mol. The quantitative estimate of drug-likeness (QED) is 0.626. The molecule has 0 spiro atoms. The summed E-state index contributed by atoms with van der Waals surface area (Å²) in [7, 11) is 5.40. The number of hydrogen-bond donors (Lipinski definition) is 0. The molecule has 82 valence electrons. The van der Waals surface area contributed by atoms with E-state index in [-0.39, 0.29) is 0 Å². The molecular formula is C10H12Br2N2O. The van der Waals surface area contributed by atoms with Crippen LogP contribution in [0.5, 0.6) is 5.75 Å². The molecule has 5 heteroatoms. The highest BCUT2D eigenvalue weighted by Crippen LogP contribution is 2.33. The summed E-state index contributed by atoms with van der Waals surface area (Å²) in [6, 6.07) is 3.91. The summed E-state index contributed by atoms with van der Waals surface area (Å²) in [4.78, 5) is 0. The van der Waals surface area contributed by atoms with E-state index in [1.165, 1.54) is 0 Å². The van der Waals surface area contributed by atoms with Crippen molar-refractivity contribution in [2.24, 2.45) is 5.10 Å². The molecule has 0 radical (unpaired) electrons. The highest BCUT2D eigenvalue weighted by atomic mass is 79.9. The predicted octanol–water partition coefficient (Wildman–Crippen LogP) is 3.12. The van der Waals surface area contributed by atoms with Gasteiger partial charge in [0.25, 0.3) is 0 Å². The number of nitrogens with zero attached hydrogens (tertiary/aromatic N) is 2. The SMILES string of the molecule is COc1c(Br)cc(/C=N/N(C)C)cc1Br. The minimum Gasteiger partial charge on any atom is -0.494 e. The second-order valence-electron chi connectivity index (χ2n) is 3.11. The molecule has 1 rings (SSSR count). The molecule has 1 aromatic rings. The number of methoxy groups -OCH3 is 1. The topological polar surface area (TPSA) is 24.8 Å². The largest absolute Gasteiger partial charge is 0.494 e. The average molecular weight is 336 g/mol. The predicted molar refractivity (Wildman–Crippen MR) is 69.7 cm³/mol. The third kappa shape index (κ3) is 3.50. The van der Waals surface area contributed by atoms with Crippen molar-refractivity contribution in [3.05, 3.63) is 26.6 Å². The highest BCUT2D eigenvalue weighted by molar-refractivity contribution is 9.11. The molecule has 0 saturated carbocycles. The lowest BCUT2D eigenvalue weighted by Crippen LogP contribution is -2.02. The third-order valence-electron chi connectivity index (χ3n) is 1.66. The van der Waals surface area contributed by atoms with Gasteiger partial charge in [-0.05, 0) is 49.6 Å². The number of hydrazone groups is 1. The van der Waals surface area contributed by atoms with Crippen LogP contribution in [0.4, 0.5) is 0 Å². The Bertz CT molecular complexity index is 355. The fourth-order valence-corrected chi connectivity index (χ4v) is 2.58. The Morgan fingerprint density at radius 1 is 1.27 bits per heavy atom. The molecule has 0 N–H and O–H groups in total. The lowest BCUT2D eigenvalue weighted by molar-refractivity contribution is 0.409. The molecule has 0 fully saturated rings. The maximum atomic E-state index is 5.21. The van der Waals surface area contributed by atoms with Gasteiger partial charge in [0.15, 0.2) is 0 Å². The summed E-state index contributed by atoms with van der Waals surface area (Å²) >= 11 is 6.87. The van der Waals surface area contributed by atoms with Crippen LogP contribution in [0.1, 0.15) is 5.56 Å². The summed E-state index contributed by atoms with van der Waals surface area (Å²) in [6.45, 7) is 0. The van der Waals surface area contributed by atoms with E-state index in [0.717, 1.165) is 20.3 Å². The number of ether oxygens (including phenoxy) is 1. The molecule has 15 heavy (non-hydrogen) atoms. The van der Waals surface area contributed by atoms with Crippen LogP contribution in [0, 0.1) is 0 Å². The fourth-order valence-electron chi connectivity index (χ4n) is 1.03. The van der Waals surface area contributed by atoms with Gasteiger partial charge in [-0.1, -0.05) is 0 Å². The molecule has 0 aromatic heterocycles. The van der Waals surface area contributed by atoms with Crippen LogP contribution >= 0.6 is 31.9 Å². The van der Waals surface area contributed by atoms with Gasteiger partial charge in [-0.2, -0.15) is 5.10 Å². The first-order valence-corrected chi connectivity index (χ1v) is 5.87. The van der Waals surface area contributed by atoms with Crippen LogP contribution in [0.25, 0.3) is 0 Å². The first-order chi connectivity index (χ1) is 7.04. The Labute approximate surface area is 106 Å². The second-order valence-corrected chi connectivity index (χ2v) is 4.82. The normalized spacial score (nSPS) is 10.7. The first-order valence-electron chi connectivity index (χ1n) is 4.29. The van der Waals surface area contributed by atoms with Crippen LogP contribution in [0.3, 0.4) is 0 Å². The van der Waals surface area contributed by atoms with Gasteiger partial charge in [0, 0.05) is 14.1 Å². The standard InChI is InChI=1S/C10H12Br2N2O/c1-14(2)13-6-7-4-8(11)10(15-3)9(12)5-7/h4-6H,1-3H3/b13-6+. The van der Waals surface area contributed by atoms with Gasteiger partial charge in [0.1, 0.15) is 5.75 Å². The van der Waals surface area contributed by atoms with Gasteiger partial charge in [-0.25, -0.2) is 0 Å². The second kappa shape index (κ2) is 5.51. The van der Waals surface area contributed by atoms with E-state index in [4.69, 9.17) is 4.74 Å². The number of hydrogen-bond acceptors (Lipinski definition) is 3. The summed E-state index contributed by atoms with van der Waals surface area (Å²) < 4.78 is 7.01. The smallest absolute Gasteiger partial charge is 0.147 e. The maximum absolute atomic E-state index is 5.21. The molecule has 1 aromatic carbocycles. The van der Waals surface area contributed by atoms with Crippen molar-refractivity contribution < 1.29 is 4.74 Å². The van der Waals surface area contributed by atoms with Gasteiger partial charge in [-0.3, -0.25) is 0 Å². The van der Waals surface area contributed by atoms with E-state index in [1.54, 1.807) is 18.3 Å². The first kappa shape index (κ1) is 12.5. The van der Waals surface area contributed by atoms with E-state index >= 15 is 0 Å². The van der Waals surface area contributed by atoms with Crippen LogP contribution in [0.15, 0.2) is 26.2 Å². The van der Waals surface area contributed by atoms with Crippen molar-refractivity contribution in [1.82, 2.24) is 5.01 Å².